The number of unbranched alkanes of at least 4 members (excludes halogenated alkanes) is 33. The Hall–Kier alpha value is -1.21. The Kier molecular flexibility index (Phi) is 42.4. The third-order valence-electron chi connectivity index (χ3n) is 10.8. The van der Waals surface area contributed by atoms with E-state index in [9.17, 15) is 14.2 Å². The zero-order valence-corrected chi connectivity index (χ0v) is 37.7. The average molecular weight is 815 g/mol. The van der Waals surface area contributed by atoms with E-state index in [0.717, 1.165) is 44.9 Å². The molecule has 332 valence electrons. The van der Waals surface area contributed by atoms with Gasteiger partial charge in [-0.15, -0.1) is 0 Å². The number of esters is 2. The van der Waals surface area contributed by atoms with Gasteiger partial charge >= 0.3 is 19.8 Å². The summed E-state index contributed by atoms with van der Waals surface area (Å²) >= 11 is 0. The van der Waals surface area contributed by atoms with Crippen LogP contribution in [0.5, 0.6) is 0 Å². The molecule has 0 amide bonds. The van der Waals surface area contributed by atoms with Crippen LogP contribution in [0.4, 0.5) is 0 Å². The van der Waals surface area contributed by atoms with Gasteiger partial charge in [-0.3, -0.25) is 14.1 Å². The fourth-order valence-corrected chi connectivity index (χ4v) is 7.55. The van der Waals surface area contributed by atoms with E-state index in [0.29, 0.717) is 6.42 Å². The lowest BCUT2D eigenvalue weighted by molar-refractivity contribution is -0.161. The van der Waals surface area contributed by atoms with E-state index in [2.05, 4.69) is 30.5 Å². The summed E-state index contributed by atoms with van der Waals surface area (Å²) in [6.45, 7) is 3.72. The Morgan fingerprint density at radius 1 is 0.446 bits per heavy atom. The molecule has 0 aliphatic rings. The first-order chi connectivity index (χ1) is 27.3. The van der Waals surface area contributed by atoms with Crippen molar-refractivity contribution in [1.82, 2.24) is 0 Å². The second kappa shape index (κ2) is 43.4. The molecule has 0 saturated heterocycles. The molecule has 0 unspecified atom stereocenters. The summed E-state index contributed by atoms with van der Waals surface area (Å²) in [4.78, 5) is 43.0. The van der Waals surface area contributed by atoms with Crippen molar-refractivity contribution in [3.63, 3.8) is 0 Å². The number of carbonyl (C=O) groups is 2. The van der Waals surface area contributed by atoms with Crippen LogP contribution in [-0.2, 0) is 28.2 Å². The van der Waals surface area contributed by atoms with Gasteiger partial charge in [-0.25, -0.2) is 4.57 Å². The van der Waals surface area contributed by atoms with Crippen LogP contribution >= 0.6 is 7.82 Å². The molecule has 0 bridgehead atoms. The van der Waals surface area contributed by atoms with E-state index in [1.165, 1.54) is 180 Å². The number of ether oxygens (including phenoxy) is 2. The zero-order chi connectivity index (χ0) is 41.1. The zero-order valence-electron chi connectivity index (χ0n) is 36.8. The van der Waals surface area contributed by atoms with Gasteiger partial charge < -0.3 is 19.3 Å². The lowest BCUT2D eigenvalue weighted by atomic mass is 10.0. The van der Waals surface area contributed by atoms with Gasteiger partial charge in [-0.2, -0.15) is 0 Å². The number of hydrogen-bond donors (Lipinski definition) is 2. The smallest absolute Gasteiger partial charge is 0.462 e. The highest BCUT2D eigenvalue weighted by molar-refractivity contribution is 7.46. The largest absolute Gasteiger partial charge is 0.469 e. The second-order valence-corrected chi connectivity index (χ2v) is 17.7. The Balaban J connectivity index is 3.80. The maximum atomic E-state index is 12.4. The monoisotopic (exact) mass is 815 g/mol. The molecule has 0 aromatic heterocycles. The maximum Gasteiger partial charge on any atom is 0.469 e. The highest BCUT2D eigenvalue weighted by Gasteiger charge is 2.23. The minimum atomic E-state index is -4.75. The Labute approximate surface area is 346 Å². The van der Waals surface area contributed by atoms with Gasteiger partial charge in [-0.05, 0) is 38.5 Å². The lowest BCUT2D eigenvalue weighted by Crippen LogP contribution is -2.29. The van der Waals surface area contributed by atoms with E-state index in [4.69, 9.17) is 19.3 Å². The van der Waals surface area contributed by atoms with Gasteiger partial charge in [0.1, 0.15) is 6.61 Å². The number of rotatable bonds is 45. The van der Waals surface area contributed by atoms with E-state index < -0.39 is 32.5 Å². The van der Waals surface area contributed by atoms with Crippen molar-refractivity contribution in [2.24, 2.45) is 0 Å². The molecule has 2 N–H and O–H groups in total. The molecule has 0 aliphatic carbocycles. The molecular formula is C47H91O8P. The SMILES string of the molecule is CCCCCCCC/C=C/CCCCCCCCCC(=O)O[C@H](COC(=O)CCCCCCCCCCCCCCCCCCCCCCC)COP(=O)(O)O. The van der Waals surface area contributed by atoms with Crippen molar-refractivity contribution in [2.75, 3.05) is 13.2 Å². The first kappa shape index (κ1) is 54.8. The Morgan fingerprint density at radius 2 is 0.750 bits per heavy atom. The van der Waals surface area contributed by atoms with Gasteiger partial charge in [0.15, 0.2) is 6.10 Å². The quantitative estimate of drug-likeness (QED) is 0.0270. The van der Waals surface area contributed by atoms with Crippen molar-refractivity contribution in [2.45, 2.75) is 264 Å². The minimum absolute atomic E-state index is 0.212. The van der Waals surface area contributed by atoms with Crippen molar-refractivity contribution < 1.29 is 37.9 Å². The van der Waals surface area contributed by atoms with Gasteiger partial charge in [0.05, 0.1) is 6.61 Å². The first-order valence-corrected chi connectivity index (χ1v) is 25.5. The molecule has 0 heterocycles. The molecule has 8 nitrogen and oxygen atoms in total. The van der Waals surface area contributed by atoms with E-state index in [1.807, 2.05) is 0 Å². The number of phosphoric acid groups is 1. The average Bonchev–Trinajstić information content (AvgIpc) is 3.17. The molecule has 0 saturated carbocycles. The molecule has 0 spiro atoms. The maximum absolute atomic E-state index is 12.4. The van der Waals surface area contributed by atoms with Crippen LogP contribution in [0.25, 0.3) is 0 Å². The Morgan fingerprint density at radius 3 is 1.09 bits per heavy atom. The van der Waals surface area contributed by atoms with Crippen LogP contribution < -0.4 is 0 Å². The molecule has 0 fully saturated rings. The fourth-order valence-electron chi connectivity index (χ4n) is 7.19. The van der Waals surface area contributed by atoms with Crippen molar-refractivity contribution in [3.8, 4) is 0 Å². The molecule has 0 aromatic carbocycles. The van der Waals surface area contributed by atoms with Crippen LogP contribution in [0, 0.1) is 0 Å². The van der Waals surface area contributed by atoms with Gasteiger partial charge in [0.2, 0.25) is 0 Å². The summed E-state index contributed by atoms with van der Waals surface area (Å²) in [6.07, 6.45) is 49.4. The van der Waals surface area contributed by atoms with Gasteiger partial charge in [-0.1, -0.05) is 219 Å². The number of carbonyl (C=O) groups excluding carboxylic acids is 2. The highest BCUT2D eigenvalue weighted by atomic mass is 31.2. The summed E-state index contributed by atoms with van der Waals surface area (Å²) in [5, 5.41) is 0. The van der Waals surface area contributed by atoms with Gasteiger partial charge in [0, 0.05) is 12.8 Å². The second-order valence-electron chi connectivity index (χ2n) is 16.4. The normalized spacial score (nSPS) is 12.4. The molecule has 1 atom stereocenters. The summed E-state index contributed by atoms with van der Waals surface area (Å²) in [7, 11) is -4.75. The van der Waals surface area contributed by atoms with Crippen LogP contribution in [0.1, 0.15) is 258 Å². The standard InChI is InChI=1S/C47H91O8P/c1-3-5-7-9-11-13-15-17-19-21-22-23-24-26-27-29-31-33-35-37-39-41-46(48)53-43-45(44-54-56(50,51)52)55-47(49)42-40-38-36-34-32-30-28-25-20-18-16-14-12-10-8-6-4-2/h18,20,45H,3-17,19,21-44H2,1-2H3,(H2,50,51,52)/b20-18+/t45-/m1/s1. The molecular weight excluding hydrogens is 723 g/mol. The molecule has 9 heteroatoms. The molecule has 0 aliphatic heterocycles. The van der Waals surface area contributed by atoms with E-state index in [1.54, 1.807) is 0 Å². The van der Waals surface area contributed by atoms with E-state index >= 15 is 0 Å². The van der Waals surface area contributed by atoms with Crippen molar-refractivity contribution in [1.29, 1.82) is 0 Å². The fraction of sp³-hybridized carbons (Fsp3) is 0.915. The summed E-state index contributed by atoms with van der Waals surface area (Å²) < 4.78 is 26.5. The van der Waals surface area contributed by atoms with Gasteiger partial charge in [0.25, 0.3) is 0 Å². The highest BCUT2D eigenvalue weighted by Crippen LogP contribution is 2.36. The first-order valence-electron chi connectivity index (χ1n) is 24.0. The Bertz CT molecular complexity index is 920. The predicted molar refractivity (Wildman–Crippen MR) is 235 cm³/mol. The molecule has 0 radical (unpaired) electrons. The van der Waals surface area contributed by atoms with Crippen LogP contribution in [0.15, 0.2) is 12.2 Å². The summed E-state index contributed by atoms with van der Waals surface area (Å²) in [6, 6.07) is 0. The molecule has 0 aromatic rings. The van der Waals surface area contributed by atoms with Crippen LogP contribution in [0.3, 0.4) is 0 Å². The van der Waals surface area contributed by atoms with Crippen LogP contribution in [0.2, 0.25) is 0 Å². The lowest BCUT2D eigenvalue weighted by Gasteiger charge is -2.18. The van der Waals surface area contributed by atoms with Crippen LogP contribution in [-0.4, -0.2) is 41.0 Å². The predicted octanol–water partition coefficient (Wildman–Crippen LogP) is 15.0. The third-order valence-corrected chi connectivity index (χ3v) is 11.3. The molecule has 56 heavy (non-hydrogen) atoms. The number of allylic oxidation sites excluding steroid dienone is 2. The number of phosphoric ester groups is 1. The van der Waals surface area contributed by atoms with Crippen molar-refractivity contribution >= 4 is 19.8 Å². The van der Waals surface area contributed by atoms with E-state index in [-0.39, 0.29) is 19.4 Å². The molecule has 0 rings (SSSR count). The minimum Gasteiger partial charge on any atom is -0.462 e. The number of hydrogen-bond acceptors (Lipinski definition) is 6. The summed E-state index contributed by atoms with van der Waals surface area (Å²) in [5.41, 5.74) is 0. The van der Waals surface area contributed by atoms with Crippen molar-refractivity contribution in [3.05, 3.63) is 12.2 Å². The summed E-state index contributed by atoms with van der Waals surface area (Å²) in [5.74, 6) is -0.873. The topological polar surface area (TPSA) is 119 Å². The third kappa shape index (κ3) is 45.5.